The maximum absolute atomic E-state index is 10.8. The van der Waals surface area contributed by atoms with E-state index in [9.17, 15) is 10.2 Å². The summed E-state index contributed by atoms with van der Waals surface area (Å²) in [7, 11) is 0. The van der Waals surface area contributed by atoms with Crippen molar-refractivity contribution in [2.45, 2.75) is 46.5 Å². The van der Waals surface area contributed by atoms with Gasteiger partial charge in [-0.05, 0) is 37.0 Å². The Morgan fingerprint density at radius 3 is 2.26 bits per heavy atom. The van der Waals surface area contributed by atoms with E-state index in [0.29, 0.717) is 17.4 Å². The number of phenols is 2. The summed E-state index contributed by atoms with van der Waals surface area (Å²) in [6, 6.07) is 0. The first-order valence-corrected chi connectivity index (χ1v) is 8.65. The quantitative estimate of drug-likeness (QED) is 0.704. The van der Waals surface area contributed by atoms with Crippen molar-refractivity contribution < 1.29 is 10.2 Å². The second kappa shape index (κ2) is 5.92. The molecule has 0 heterocycles. The number of hydrogen-bond donors (Lipinski definition) is 2. The third kappa shape index (κ3) is 2.71. The fourth-order valence-corrected chi connectivity index (χ4v) is 3.45. The Morgan fingerprint density at radius 1 is 1.00 bits per heavy atom. The minimum atomic E-state index is 0.119. The van der Waals surface area contributed by atoms with Crippen molar-refractivity contribution in [3.05, 3.63) is 40.5 Å². The molecule has 0 aliphatic heterocycles. The zero-order valence-corrected chi connectivity index (χ0v) is 14.3. The molecule has 0 spiro atoms. The summed E-state index contributed by atoms with van der Waals surface area (Å²) >= 11 is 0. The predicted molar refractivity (Wildman–Crippen MR) is 97.4 cm³/mol. The second-order valence-electron chi connectivity index (χ2n) is 7.05. The fraction of sp³-hybridized carbons (Fsp3) is 0.429. The first-order valence-electron chi connectivity index (χ1n) is 8.65. The molecule has 1 aromatic carbocycles. The van der Waals surface area contributed by atoms with Gasteiger partial charge in [0.05, 0.1) is 0 Å². The van der Waals surface area contributed by atoms with E-state index >= 15 is 0 Å². The molecular formula is C21H26O2. The van der Waals surface area contributed by atoms with Crippen molar-refractivity contribution in [1.29, 1.82) is 0 Å². The lowest BCUT2D eigenvalue weighted by molar-refractivity contribution is 0.377. The zero-order valence-electron chi connectivity index (χ0n) is 14.3. The van der Waals surface area contributed by atoms with Gasteiger partial charge in [-0.1, -0.05) is 57.2 Å². The summed E-state index contributed by atoms with van der Waals surface area (Å²) in [4.78, 5) is 0. The van der Waals surface area contributed by atoms with Crippen LogP contribution in [0.2, 0.25) is 0 Å². The van der Waals surface area contributed by atoms with Crippen molar-refractivity contribution in [1.82, 2.24) is 0 Å². The number of rotatable bonds is 2. The lowest BCUT2D eigenvalue weighted by atomic mass is 9.83. The van der Waals surface area contributed by atoms with Gasteiger partial charge in [-0.15, -0.1) is 0 Å². The van der Waals surface area contributed by atoms with Crippen molar-refractivity contribution >= 4 is 18.2 Å². The third-order valence-corrected chi connectivity index (χ3v) is 5.56. The van der Waals surface area contributed by atoms with Crippen molar-refractivity contribution in [2.75, 3.05) is 0 Å². The molecule has 3 rings (SSSR count). The van der Waals surface area contributed by atoms with E-state index in [-0.39, 0.29) is 5.41 Å². The molecule has 0 radical (unpaired) electrons. The van der Waals surface area contributed by atoms with Crippen LogP contribution in [0.3, 0.4) is 0 Å². The third-order valence-electron chi connectivity index (χ3n) is 5.56. The highest BCUT2D eigenvalue weighted by atomic mass is 16.3. The SMILES string of the molecule is CCC1C=Cc2c(O)c3c(c(O)c2C=C1)CCC(C)(CC)C=C3. The van der Waals surface area contributed by atoms with Gasteiger partial charge in [-0.3, -0.25) is 0 Å². The van der Waals surface area contributed by atoms with Crippen LogP contribution in [-0.2, 0) is 6.42 Å². The number of benzene rings is 1. The van der Waals surface area contributed by atoms with Crippen LogP contribution < -0.4 is 0 Å². The van der Waals surface area contributed by atoms with E-state index in [1.807, 2.05) is 18.2 Å². The van der Waals surface area contributed by atoms with Crippen LogP contribution in [0, 0.1) is 11.3 Å². The number of fused-ring (bicyclic) bond motifs is 2. The summed E-state index contributed by atoms with van der Waals surface area (Å²) in [5.41, 5.74) is 3.27. The van der Waals surface area contributed by atoms with Crippen LogP contribution in [0.4, 0.5) is 0 Å². The highest BCUT2D eigenvalue weighted by Crippen LogP contribution is 2.45. The van der Waals surface area contributed by atoms with Gasteiger partial charge in [0.15, 0.2) is 0 Å². The van der Waals surface area contributed by atoms with Crippen LogP contribution in [-0.4, -0.2) is 10.2 Å². The molecule has 2 nitrogen and oxygen atoms in total. The normalized spacial score (nSPS) is 25.6. The number of aromatic hydroxyl groups is 2. The van der Waals surface area contributed by atoms with Crippen molar-refractivity contribution in [3.8, 4) is 11.5 Å². The Bertz CT molecular complexity index is 709. The van der Waals surface area contributed by atoms with Crippen LogP contribution in [0.15, 0.2) is 18.2 Å². The Balaban J connectivity index is 2.18. The summed E-state index contributed by atoms with van der Waals surface area (Å²) < 4.78 is 0. The lowest BCUT2D eigenvalue weighted by Gasteiger charge is -2.22. The summed E-state index contributed by atoms with van der Waals surface area (Å²) in [5, 5.41) is 21.6. The highest BCUT2D eigenvalue weighted by molar-refractivity contribution is 5.83. The zero-order chi connectivity index (χ0) is 16.6. The average molecular weight is 310 g/mol. The van der Waals surface area contributed by atoms with Gasteiger partial charge in [0.1, 0.15) is 11.5 Å². The molecule has 1 aromatic rings. The first-order chi connectivity index (χ1) is 11.0. The highest BCUT2D eigenvalue weighted by Gasteiger charge is 2.27. The first kappa shape index (κ1) is 15.9. The van der Waals surface area contributed by atoms with Crippen LogP contribution >= 0.6 is 0 Å². The number of allylic oxidation sites excluding steroid dienone is 3. The maximum atomic E-state index is 10.8. The predicted octanol–water partition coefficient (Wildman–Crippen LogP) is 5.54. The van der Waals surface area contributed by atoms with E-state index in [1.54, 1.807) is 0 Å². The molecule has 2 heteroatoms. The van der Waals surface area contributed by atoms with E-state index in [4.69, 9.17) is 0 Å². The molecule has 2 aliphatic rings. The largest absolute Gasteiger partial charge is 0.507 e. The maximum Gasteiger partial charge on any atom is 0.131 e. The van der Waals surface area contributed by atoms with Gasteiger partial charge in [0.2, 0.25) is 0 Å². The van der Waals surface area contributed by atoms with Gasteiger partial charge in [-0.2, -0.15) is 0 Å². The lowest BCUT2D eigenvalue weighted by Crippen LogP contribution is -2.11. The fourth-order valence-electron chi connectivity index (χ4n) is 3.45. The molecular weight excluding hydrogens is 284 g/mol. The molecule has 2 unspecified atom stereocenters. The molecule has 0 saturated heterocycles. The molecule has 0 amide bonds. The molecule has 2 aliphatic carbocycles. The van der Waals surface area contributed by atoms with Crippen molar-refractivity contribution in [3.63, 3.8) is 0 Å². The molecule has 0 aromatic heterocycles. The Hall–Kier alpha value is -1.96. The molecule has 0 bridgehead atoms. The number of hydrogen-bond acceptors (Lipinski definition) is 2. The van der Waals surface area contributed by atoms with E-state index in [0.717, 1.165) is 47.9 Å². The van der Waals surface area contributed by atoms with Gasteiger partial charge >= 0.3 is 0 Å². The van der Waals surface area contributed by atoms with Gasteiger partial charge < -0.3 is 10.2 Å². The Labute approximate surface area is 138 Å². The minimum Gasteiger partial charge on any atom is -0.507 e. The van der Waals surface area contributed by atoms with Crippen molar-refractivity contribution in [2.24, 2.45) is 11.3 Å². The van der Waals surface area contributed by atoms with E-state index in [1.165, 1.54) is 0 Å². The van der Waals surface area contributed by atoms with Crippen LogP contribution in [0.5, 0.6) is 11.5 Å². The summed E-state index contributed by atoms with van der Waals surface area (Å²) in [6.07, 6.45) is 16.2. The van der Waals surface area contributed by atoms with Gasteiger partial charge in [-0.25, -0.2) is 0 Å². The molecule has 122 valence electrons. The molecule has 0 fully saturated rings. The molecule has 23 heavy (non-hydrogen) atoms. The monoisotopic (exact) mass is 310 g/mol. The molecule has 2 atom stereocenters. The van der Waals surface area contributed by atoms with Gasteiger partial charge in [0.25, 0.3) is 0 Å². The van der Waals surface area contributed by atoms with Gasteiger partial charge in [0, 0.05) is 22.3 Å². The molecule has 0 saturated carbocycles. The Morgan fingerprint density at radius 2 is 1.65 bits per heavy atom. The van der Waals surface area contributed by atoms with Crippen LogP contribution in [0.1, 0.15) is 62.3 Å². The second-order valence-corrected chi connectivity index (χ2v) is 7.05. The number of phenolic OH excluding ortho intramolecular Hbond substituents is 2. The summed E-state index contributed by atoms with van der Waals surface area (Å²) in [6.45, 7) is 6.56. The summed E-state index contributed by atoms with van der Waals surface area (Å²) in [5.74, 6) is 0.970. The van der Waals surface area contributed by atoms with E-state index in [2.05, 4.69) is 39.0 Å². The average Bonchev–Trinajstić information content (AvgIpc) is 2.88. The Kier molecular flexibility index (Phi) is 4.09. The van der Waals surface area contributed by atoms with E-state index < -0.39 is 0 Å². The molecule has 2 N–H and O–H groups in total. The smallest absolute Gasteiger partial charge is 0.131 e. The topological polar surface area (TPSA) is 40.5 Å². The van der Waals surface area contributed by atoms with Crippen LogP contribution in [0.25, 0.3) is 18.2 Å². The standard InChI is InChI=1S/C21H26O2/c1-4-14-6-8-15-16(9-7-14)20(23)18-11-13-21(3,5-2)12-10-17(18)19(15)22/h6-10,12,14,22-23H,4-5,11,13H2,1-3H3. The minimum absolute atomic E-state index is 0.119.